The number of esters is 1. The maximum atomic E-state index is 12.3. The summed E-state index contributed by atoms with van der Waals surface area (Å²) in [6, 6.07) is -0.212. The van der Waals surface area contributed by atoms with E-state index in [1.165, 1.54) is 32.1 Å². The molecule has 0 aliphatic heterocycles. The molecule has 1 rings (SSSR count). The fraction of sp³-hybridized carbons (Fsp3) is 0.765. The van der Waals surface area contributed by atoms with Crippen molar-refractivity contribution in [2.45, 2.75) is 77.7 Å². The second-order valence-electron chi connectivity index (χ2n) is 5.60. The summed E-state index contributed by atoms with van der Waals surface area (Å²) < 4.78 is 7.32. The molecule has 0 radical (unpaired) electrons. The Morgan fingerprint density at radius 1 is 1.10 bits per heavy atom. The Labute approximate surface area is 128 Å². The summed E-state index contributed by atoms with van der Waals surface area (Å²) in [7, 11) is 0. The van der Waals surface area contributed by atoms with Gasteiger partial charge in [-0.1, -0.05) is 58.8 Å². The van der Waals surface area contributed by atoms with E-state index in [4.69, 9.17) is 4.74 Å². The molecule has 0 aliphatic carbocycles. The summed E-state index contributed by atoms with van der Waals surface area (Å²) in [5.41, 5.74) is 0. The lowest BCUT2D eigenvalue weighted by Gasteiger charge is -2.17. The molecule has 4 nitrogen and oxygen atoms in total. The number of hydrogen-bond acceptors (Lipinski definition) is 3. The van der Waals surface area contributed by atoms with Crippen molar-refractivity contribution in [3.8, 4) is 0 Å². The van der Waals surface area contributed by atoms with Gasteiger partial charge < -0.3 is 9.30 Å². The zero-order valence-corrected chi connectivity index (χ0v) is 13.6. The Kier molecular flexibility index (Phi) is 9.58. The van der Waals surface area contributed by atoms with E-state index in [9.17, 15) is 4.79 Å². The maximum absolute atomic E-state index is 12.3. The molecule has 0 spiro atoms. The van der Waals surface area contributed by atoms with Crippen LogP contribution in [0.25, 0.3) is 0 Å². The van der Waals surface area contributed by atoms with Crippen LogP contribution in [0.3, 0.4) is 0 Å². The first kappa shape index (κ1) is 17.7. The molecule has 0 saturated carbocycles. The van der Waals surface area contributed by atoms with E-state index in [1.807, 2.05) is 10.8 Å². The van der Waals surface area contributed by atoms with Crippen molar-refractivity contribution in [2.24, 2.45) is 0 Å². The number of ether oxygens (including phenoxy) is 1. The third-order valence-corrected chi connectivity index (χ3v) is 3.73. The lowest BCUT2D eigenvalue weighted by Crippen LogP contribution is -2.21. The van der Waals surface area contributed by atoms with Crippen LogP contribution < -0.4 is 0 Å². The Balaban J connectivity index is 2.38. The molecule has 1 atom stereocenters. The van der Waals surface area contributed by atoms with E-state index in [2.05, 4.69) is 18.8 Å². The van der Waals surface area contributed by atoms with E-state index in [-0.39, 0.29) is 12.0 Å². The minimum atomic E-state index is -0.212. The molecule has 4 heteroatoms. The average molecular weight is 294 g/mol. The molecule has 0 saturated heterocycles. The highest BCUT2D eigenvalue weighted by Gasteiger charge is 2.20. The summed E-state index contributed by atoms with van der Waals surface area (Å²) in [6.45, 7) is 4.91. The minimum Gasteiger partial charge on any atom is -0.464 e. The molecule has 1 aromatic rings. The fourth-order valence-corrected chi connectivity index (χ4v) is 2.40. The number of carbonyl (C=O) groups excluding carboxylic acids is 1. The monoisotopic (exact) mass is 294 g/mol. The van der Waals surface area contributed by atoms with Crippen molar-refractivity contribution >= 4 is 5.97 Å². The van der Waals surface area contributed by atoms with Gasteiger partial charge in [-0.3, -0.25) is 0 Å². The highest BCUT2D eigenvalue weighted by atomic mass is 16.5. The number of aromatic nitrogens is 2. The Morgan fingerprint density at radius 2 is 1.81 bits per heavy atom. The number of rotatable bonds is 12. The van der Waals surface area contributed by atoms with Crippen LogP contribution in [0.5, 0.6) is 0 Å². The van der Waals surface area contributed by atoms with Crippen LogP contribution in [-0.4, -0.2) is 22.1 Å². The molecule has 0 bridgehead atoms. The lowest BCUT2D eigenvalue weighted by molar-refractivity contribution is -0.148. The van der Waals surface area contributed by atoms with Crippen LogP contribution in [-0.2, 0) is 9.53 Å². The first-order chi connectivity index (χ1) is 10.3. The fourth-order valence-electron chi connectivity index (χ4n) is 2.40. The van der Waals surface area contributed by atoms with Gasteiger partial charge in [0.2, 0.25) is 0 Å². The van der Waals surface area contributed by atoms with Gasteiger partial charge in [-0.2, -0.15) is 0 Å². The summed E-state index contributed by atoms with van der Waals surface area (Å²) in [4.78, 5) is 16.3. The van der Waals surface area contributed by atoms with Crippen LogP contribution in [0.4, 0.5) is 0 Å². The normalized spacial score (nSPS) is 12.3. The largest absolute Gasteiger partial charge is 0.464 e. The van der Waals surface area contributed by atoms with Gasteiger partial charge in [-0.15, -0.1) is 0 Å². The van der Waals surface area contributed by atoms with Crippen molar-refractivity contribution in [3.63, 3.8) is 0 Å². The van der Waals surface area contributed by atoms with E-state index >= 15 is 0 Å². The van der Waals surface area contributed by atoms with Gasteiger partial charge in [0.1, 0.15) is 6.04 Å². The van der Waals surface area contributed by atoms with Gasteiger partial charge in [0.25, 0.3) is 0 Å². The zero-order chi connectivity index (χ0) is 15.3. The SMILES string of the molecule is CCCCCCOC(=O)C(CCCCCC)n1ccnc1. The maximum Gasteiger partial charge on any atom is 0.329 e. The Morgan fingerprint density at radius 3 is 2.43 bits per heavy atom. The number of nitrogens with zero attached hydrogens (tertiary/aromatic N) is 2. The summed E-state index contributed by atoms with van der Waals surface area (Å²) in [6.07, 6.45) is 15.3. The van der Waals surface area contributed by atoms with Gasteiger partial charge in [0.15, 0.2) is 0 Å². The standard InChI is InChI=1S/C17H30N2O2/c1-3-5-7-9-11-16(19-13-12-18-15-19)17(20)21-14-10-8-6-4-2/h12-13,15-16H,3-11,14H2,1-2H3. The second-order valence-corrected chi connectivity index (χ2v) is 5.60. The molecule has 0 N–H and O–H groups in total. The molecule has 1 heterocycles. The summed E-state index contributed by atoms with van der Waals surface area (Å²) in [5, 5.41) is 0. The first-order valence-corrected chi connectivity index (χ1v) is 8.43. The first-order valence-electron chi connectivity index (χ1n) is 8.43. The van der Waals surface area contributed by atoms with Gasteiger partial charge in [0, 0.05) is 12.4 Å². The van der Waals surface area contributed by atoms with Gasteiger partial charge in [-0.05, 0) is 12.8 Å². The van der Waals surface area contributed by atoms with E-state index in [0.29, 0.717) is 6.61 Å². The zero-order valence-electron chi connectivity index (χ0n) is 13.6. The number of carbonyl (C=O) groups is 1. The number of imidazole rings is 1. The van der Waals surface area contributed by atoms with E-state index in [0.717, 1.165) is 25.7 Å². The van der Waals surface area contributed by atoms with Crippen LogP contribution >= 0.6 is 0 Å². The molecule has 1 unspecified atom stereocenters. The summed E-state index contributed by atoms with van der Waals surface area (Å²) >= 11 is 0. The predicted octanol–water partition coefficient (Wildman–Crippen LogP) is 4.52. The lowest BCUT2D eigenvalue weighted by atomic mass is 10.1. The van der Waals surface area contributed by atoms with E-state index < -0.39 is 0 Å². The quantitative estimate of drug-likeness (QED) is 0.420. The van der Waals surface area contributed by atoms with Crippen molar-refractivity contribution in [3.05, 3.63) is 18.7 Å². The molecular weight excluding hydrogens is 264 g/mol. The third-order valence-electron chi connectivity index (χ3n) is 3.73. The average Bonchev–Trinajstić information content (AvgIpc) is 3.01. The molecule has 21 heavy (non-hydrogen) atoms. The van der Waals surface area contributed by atoms with E-state index in [1.54, 1.807) is 12.5 Å². The highest BCUT2D eigenvalue weighted by Crippen LogP contribution is 2.18. The summed E-state index contributed by atoms with van der Waals surface area (Å²) in [5.74, 6) is -0.110. The van der Waals surface area contributed by atoms with Crippen LogP contribution in [0.1, 0.15) is 77.7 Å². The number of unbranched alkanes of at least 4 members (excludes halogenated alkanes) is 6. The van der Waals surface area contributed by atoms with Crippen molar-refractivity contribution < 1.29 is 9.53 Å². The van der Waals surface area contributed by atoms with Crippen molar-refractivity contribution in [1.82, 2.24) is 9.55 Å². The third kappa shape index (κ3) is 7.30. The molecular formula is C17H30N2O2. The van der Waals surface area contributed by atoms with Gasteiger partial charge in [0.05, 0.1) is 12.9 Å². The van der Waals surface area contributed by atoms with Crippen molar-refractivity contribution in [1.29, 1.82) is 0 Å². The number of hydrogen-bond donors (Lipinski definition) is 0. The molecule has 0 fully saturated rings. The van der Waals surface area contributed by atoms with Crippen LogP contribution in [0.15, 0.2) is 18.7 Å². The molecule has 120 valence electrons. The van der Waals surface area contributed by atoms with Gasteiger partial charge >= 0.3 is 5.97 Å². The Bertz CT molecular complexity index is 363. The molecule has 1 aromatic heterocycles. The highest BCUT2D eigenvalue weighted by molar-refractivity contribution is 5.74. The van der Waals surface area contributed by atoms with Crippen molar-refractivity contribution in [2.75, 3.05) is 6.61 Å². The molecule has 0 aliphatic rings. The van der Waals surface area contributed by atoms with Crippen LogP contribution in [0.2, 0.25) is 0 Å². The van der Waals surface area contributed by atoms with Gasteiger partial charge in [-0.25, -0.2) is 9.78 Å². The minimum absolute atomic E-state index is 0.110. The molecule has 0 aromatic carbocycles. The van der Waals surface area contributed by atoms with Crippen LogP contribution in [0, 0.1) is 0 Å². The predicted molar refractivity (Wildman–Crippen MR) is 85.1 cm³/mol. The second kappa shape index (κ2) is 11.4. The Hall–Kier alpha value is -1.32. The topological polar surface area (TPSA) is 44.1 Å². The molecule has 0 amide bonds. The smallest absolute Gasteiger partial charge is 0.329 e.